The molecule has 0 bridgehead atoms. The van der Waals surface area contributed by atoms with E-state index in [2.05, 4.69) is 22.3 Å². The van der Waals surface area contributed by atoms with E-state index in [1.54, 1.807) is 0 Å². The van der Waals surface area contributed by atoms with Gasteiger partial charge in [0, 0.05) is 18.8 Å². The average Bonchev–Trinajstić information content (AvgIpc) is 2.66. The Kier molecular flexibility index (Phi) is 5.74. The van der Waals surface area contributed by atoms with Crippen LogP contribution in [0.25, 0.3) is 0 Å². The van der Waals surface area contributed by atoms with Crippen LogP contribution in [-0.2, 0) is 16.0 Å². The number of nitrogens with zero attached hydrogens (tertiary/aromatic N) is 1. The van der Waals surface area contributed by atoms with Crippen LogP contribution in [-0.4, -0.2) is 42.6 Å². The number of carbonyl (C=O) groups is 1. The second-order valence-corrected chi connectivity index (χ2v) is 7.26. The summed E-state index contributed by atoms with van der Waals surface area (Å²) in [7, 11) is 0. The summed E-state index contributed by atoms with van der Waals surface area (Å²) in [6.45, 7) is 8.99. The SMILES string of the molecule is Cc1cccc(C)c1NC(=O)C(C)(Cc1ccccc1)N1CCOCC1. The molecule has 0 saturated carbocycles. The topological polar surface area (TPSA) is 41.6 Å². The van der Waals surface area contributed by atoms with Gasteiger partial charge in [-0.25, -0.2) is 0 Å². The Morgan fingerprint density at radius 2 is 1.65 bits per heavy atom. The summed E-state index contributed by atoms with van der Waals surface area (Å²) in [6, 6.07) is 16.3. The molecule has 1 unspecified atom stereocenters. The molecule has 1 amide bonds. The zero-order chi connectivity index (χ0) is 18.6. The first-order chi connectivity index (χ1) is 12.5. The minimum Gasteiger partial charge on any atom is -0.379 e. The van der Waals surface area contributed by atoms with E-state index in [4.69, 9.17) is 4.74 Å². The highest BCUT2D eigenvalue weighted by Crippen LogP contribution is 2.27. The molecule has 1 heterocycles. The molecule has 1 fully saturated rings. The zero-order valence-electron chi connectivity index (χ0n) is 15.9. The first-order valence-electron chi connectivity index (χ1n) is 9.25. The van der Waals surface area contributed by atoms with Crippen molar-refractivity contribution < 1.29 is 9.53 Å². The van der Waals surface area contributed by atoms with E-state index >= 15 is 0 Å². The summed E-state index contributed by atoms with van der Waals surface area (Å²) in [6.07, 6.45) is 0.671. The molecule has 0 aromatic heterocycles. The van der Waals surface area contributed by atoms with E-state index in [0.29, 0.717) is 19.6 Å². The first-order valence-corrected chi connectivity index (χ1v) is 9.25. The Morgan fingerprint density at radius 3 is 2.27 bits per heavy atom. The van der Waals surface area contributed by atoms with Crippen molar-refractivity contribution in [3.05, 3.63) is 65.2 Å². The van der Waals surface area contributed by atoms with Crippen LogP contribution in [0.1, 0.15) is 23.6 Å². The lowest BCUT2D eigenvalue weighted by atomic mass is 9.89. The molecule has 0 radical (unpaired) electrons. The summed E-state index contributed by atoms with van der Waals surface area (Å²) in [5, 5.41) is 3.22. The lowest BCUT2D eigenvalue weighted by molar-refractivity contribution is -0.130. The lowest BCUT2D eigenvalue weighted by Gasteiger charge is -2.42. The number of nitrogens with one attached hydrogen (secondary N) is 1. The molecular formula is C22H28N2O2. The highest BCUT2D eigenvalue weighted by molar-refractivity contribution is 5.99. The van der Waals surface area contributed by atoms with Gasteiger partial charge in [-0.15, -0.1) is 0 Å². The Labute approximate surface area is 156 Å². The van der Waals surface area contributed by atoms with E-state index < -0.39 is 5.54 Å². The van der Waals surface area contributed by atoms with Gasteiger partial charge in [-0.1, -0.05) is 48.5 Å². The minimum atomic E-state index is -0.625. The summed E-state index contributed by atoms with van der Waals surface area (Å²) >= 11 is 0. The molecule has 26 heavy (non-hydrogen) atoms. The predicted molar refractivity (Wildman–Crippen MR) is 105 cm³/mol. The molecule has 0 spiro atoms. The highest BCUT2D eigenvalue weighted by Gasteiger charge is 2.40. The van der Waals surface area contributed by atoms with Crippen molar-refractivity contribution in [1.29, 1.82) is 0 Å². The molecule has 4 nitrogen and oxygen atoms in total. The van der Waals surface area contributed by atoms with Crippen molar-refractivity contribution in [2.75, 3.05) is 31.6 Å². The van der Waals surface area contributed by atoms with Crippen molar-refractivity contribution >= 4 is 11.6 Å². The van der Waals surface area contributed by atoms with E-state index in [0.717, 1.165) is 35.5 Å². The van der Waals surface area contributed by atoms with Gasteiger partial charge < -0.3 is 10.1 Å². The third kappa shape index (κ3) is 3.97. The Morgan fingerprint density at radius 1 is 1.04 bits per heavy atom. The van der Waals surface area contributed by atoms with Crippen LogP contribution in [0, 0.1) is 13.8 Å². The molecule has 1 N–H and O–H groups in total. The van der Waals surface area contributed by atoms with Crippen molar-refractivity contribution in [3.63, 3.8) is 0 Å². The number of aryl methyl sites for hydroxylation is 2. The fourth-order valence-electron chi connectivity index (χ4n) is 3.65. The predicted octanol–water partition coefficient (Wildman–Crippen LogP) is 3.58. The van der Waals surface area contributed by atoms with Crippen molar-refractivity contribution in [1.82, 2.24) is 4.90 Å². The van der Waals surface area contributed by atoms with E-state index in [-0.39, 0.29) is 5.91 Å². The van der Waals surface area contributed by atoms with Crippen LogP contribution >= 0.6 is 0 Å². The number of hydrogen-bond donors (Lipinski definition) is 1. The molecular weight excluding hydrogens is 324 g/mol. The summed E-state index contributed by atoms with van der Waals surface area (Å²) < 4.78 is 5.51. The normalized spacial score (nSPS) is 17.5. The largest absolute Gasteiger partial charge is 0.379 e. The number of para-hydroxylation sites is 1. The summed E-state index contributed by atoms with van der Waals surface area (Å²) in [5.74, 6) is 0.0423. The second kappa shape index (κ2) is 8.02. The van der Waals surface area contributed by atoms with Gasteiger partial charge in [0.25, 0.3) is 0 Å². The number of carbonyl (C=O) groups excluding carboxylic acids is 1. The van der Waals surface area contributed by atoms with Gasteiger partial charge in [0.1, 0.15) is 5.54 Å². The summed E-state index contributed by atoms with van der Waals surface area (Å²) in [4.78, 5) is 15.7. The smallest absolute Gasteiger partial charge is 0.244 e. The summed E-state index contributed by atoms with van der Waals surface area (Å²) in [5.41, 5.74) is 3.63. The van der Waals surface area contributed by atoms with Gasteiger partial charge >= 0.3 is 0 Å². The van der Waals surface area contributed by atoms with Gasteiger partial charge in [-0.2, -0.15) is 0 Å². The Balaban J connectivity index is 1.90. The maximum absolute atomic E-state index is 13.4. The maximum atomic E-state index is 13.4. The third-order valence-electron chi connectivity index (χ3n) is 5.31. The number of morpholine rings is 1. The molecule has 2 aromatic carbocycles. The second-order valence-electron chi connectivity index (χ2n) is 7.26. The number of rotatable bonds is 5. The zero-order valence-corrected chi connectivity index (χ0v) is 15.9. The molecule has 1 atom stereocenters. The van der Waals surface area contributed by atoms with Crippen LogP contribution < -0.4 is 5.32 Å². The fraction of sp³-hybridized carbons (Fsp3) is 0.409. The standard InChI is InChI=1S/C22H28N2O2/c1-17-8-7-9-18(2)20(17)23-21(25)22(3,24-12-14-26-15-13-24)16-19-10-5-4-6-11-19/h4-11H,12-16H2,1-3H3,(H,23,25). The van der Waals surface area contributed by atoms with E-state index in [9.17, 15) is 4.79 Å². The van der Waals surface area contributed by atoms with Crippen LogP contribution in [0.3, 0.4) is 0 Å². The molecule has 1 saturated heterocycles. The average molecular weight is 352 g/mol. The molecule has 1 aliphatic rings. The number of amides is 1. The fourth-order valence-corrected chi connectivity index (χ4v) is 3.65. The van der Waals surface area contributed by atoms with Crippen molar-refractivity contribution in [2.45, 2.75) is 32.7 Å². The minimum absolute atomic E-state index is 0.0423. The number of benzene rings is 2. The third-order valence-corrected chi connectivity index (χ3v) is 5.31. The van der Waals surface area contributed by atoms with Crippen LogP contribution in [0.15, 0.2) is 48.5 Å². The highest BCUT2D eigenvalue weighted by atomic mass is 16.5. The monoisotopic (exact) mass is 352 g/mol. The van der Waals surface area contributed by atoms with Gasteiger partial charge in [-0.05, 0) is 43.9 Å². The number of ether oxygens (including phenoxy) is 1. The van der Waals surface area contributed by atoms with Gasteiger partial charge in [0.05, 0.1) is 13.2 Å². The molecule has 3 rings (SSSR count). The van der Waals surface area contributed by atoms with E-state index in [1.165, 1.54) is 0 Å². The van der Waals surface area contributed by atoms with Crippen molar-refractivity contribution in [3.8, 4) is 0 Å². The van der Waals surface area contributed by atoms with E-state index in [1.807, 2.05) is 57.2 Å². The molecule has 2 aromatic rings. The van der Waals surface area contributed by atoms with Gasteiger partial charge in [0.2, 0.25) is 5.91 Å². The molecule has 0 aliphatic carbocycles. The van der Waals surface area contributed by atoms with Crippen molar-refractivity contribution in [2.24, 2.45) is 0 Å². The first kappa shape index (κ1) is 18.6. The Hall–Kier alpha value is -2.17. The Bertz CT molecular complexity index is 734. The lowest BCUT2D eigenvalue weighted by Crippen LogP contribution is -2.59. The number of anilines is 1. The number of hydrogen-bond acceptors (Lipinski definition) is 3. The van der Waals surface area contributed by atoms with Crippen LogP contribution in [0.4, 0.5) is 5.69 Å². The molecule has 4 heteroatoms. The quantitative estimate of drug-likeness (QED) is 0.894. The maximum Gasteiger partial charge on any atom is 0.244 e. The molecule has 138 valence electrons. The van der Waals surface area contributed by atoms with Crippen LogP contribution in [0.5, 0.6) is 0 Å². The molecule has 1 aliphatic heterocycles. The van der Waals surface area contributed by atoms with Gasteiger partial charge in [-0.3, -0.25) is 9.69 Å². The van der Waals surface area contributed by atoms with Crippen LogP contribution in [0.2, 0.25) is 0 Å². The van der Waals surface area contributed by atoms with Gasteiger partial charge in [0.15, 0.2) is 0 Å².